The Morgan fingerprint density at radius 3 is 2.22 bits per heavy atom. The Bertz CT molecular complexity index is 1170. The van der Waals surface area contributed by atoms with Gasteiger partial charge in [0.2, 0.25) is 0 Å². The van der Waals surface area contributed by atoms with Gasteiger partial charge in [-0.25, -0.2) is 0 Å². The molecule has 0 bridgehead atoms. The minimum atomic E-state index is -4.38. The van der Waals surface area contributed by atoms with E-state index >= 15 is 0 Å². The molecule has 4 rings (SSSR count). The molecule has 0 aliphatic carbocycles. The molecule has 1 aliphatic heterocycles. The number of rotatable bonds is 9. The van der Waals surface area contributed by atoms with E-state index in [1.165, 1.54) is 12.1 Å². The first-order chi connectivity index (χ1) is 17.9. The number of hydrogen-bond acceptors (Lipinski definition) is 5. The van der Waals surface area contributed by atoms with Gasteiger partial charge in [0.1, 0.15) is 12.4 Å². The summed E-state index contributed by atoms with van der Waals surface area (Å²) in [5.74, 6) is 0.463. The Morgan fingerprint density at radius 1 is 0.892 bits per heavy atom. The maximum Gasteiger partial charge on any atom is 0.416 e. The number of benzene rings is 3. The number of morpholine rings is 1. The molecule has 0 N–H and O–H groups in total. The van der Waals surface area contributed by atoms with Crippen LogP contribution in [0.3, 0.4) is 0 Å². The van der Waals surface area contributed by atoms with Crippen LogP contribution >= 0.6 is 0 Å². The zero-order valence-electron chi connectivity index (χ0n) is 20.1. The molecule has 1 heterocycles. The van der Waals surface area contributed by atoms with Gasteiger partial charge in [-0.15, -0.1) is 0 Å². The molecule has 1 fully saturated rings. The predicted molar refractivity (Wildman–Crippen MR) is 132 cm³/mol. The number of carbonyl (C=O) groups is 1. The SMILES string of the molecule is O=C(COc1ccc(/C(Cc2ccccc2)=N/OCc2ccc(C(F)(F)F)cc2)cc1)N1CCOCC1. The van der Waals surface area contributed by atoms with Crippen molar-refractivity contribution in [3.63, 3.8) is 0 Å². The quantitative estimate of drug-likeness (QED) is 0.296. The highest BCUT2D eigenvalue weighted by molar-refractivity contribution is 6.01. The average molecular weight is 513 g/mol. The van der Waals surface area contributed by atoms with Crippen LogP contribution in [-0.2, 0) is 33.6 Å². The normalized spacial score (nSPS) is 14.4. The van der Waals surface area contributed by atoms with Gasteiger partial charge in [0, 0.05) is 19.5 Å². The second kappa shape index (κ2) is 12.4. The van der Waals surface area contributed by atoms with Crippen LogP contribution in [0.5, 0.6) is 5.75 Å². The van der Waals surface area contributed by atoms with Crippen LogP contribution in [0.1, 0.15) is 22.3 Å². The van der Waals surface area contributed by atoms with Crippen LogP contribution in [0.2, 0.25) is 0 Å². The molecule has 9 heteroatoms. The van der Waals surface area contributed by atoms with Gasteiger partial charge in [-0.05, 0) is 53.1 Å². The van der Waals surface area contributed by atoms with Crippen molar-refractivity contribution in [1.82, 2.24) is 4.90 Å². The Balaban J connectivity index is 1.41. The van der Waals surface area contributed by atoms with E-state index in [4.69, 9.17) is 14.3 Å². The summed E-state index contributed by atoms with van der Waals surface area (Å²) >= 11 is 0. The maximum atomic E-state index is 12.8. The summed E-state index contributed by atoms with van der Waals surface area (Å²) in [5, 5.41) is 4.30. The number of amides is 1. The molecule has 0 radical (unpaired) electrons. The van der Waals surface area contributed by atoms with E-state index in [0.29, 0.717) is 49.7 Å². The van der Waals surface area contributed by atoms with Crippen molar-refractivity contribution in [2.24, 2.45) is 5.16 Å². The first kappa shape index (κ1) is 26.2. The van der Waals surface area contributed by atoms with Crippen LogP contribution in [0, 0.1) is 0 Å². The van der Waals surface area contributed by atoms with Crippen LogP contribution in [0.25, 0.3) is 0 Å². The van der Waals surface area contributed by atoms with Gasteiger partial charge >= 0.3 is 6.18 Å². The lowest BCUT2D eigenvalue weighted by Crippen LogP contribution is -2.42. The van der Waals surface area contributed by atoms with Gasteiger partial charge in [-0.2, -0.15) is 13.2 Å². The fourth-order valence-electron chi connectivity index (χ4n) is 3.74. The standard InChI is InChI=1S/C28H27F3N2O4/c29-28(30,31)24-10-6-22(7-11-24)19-37-32-26(18-21-4-2-1-3-5-21)23-8-12-25(13-9-23)36-20-27(34)33-14-16-35-17-15-33/h1-13H,14-20H2/b32-26+. The van der Waals surface area contributed by atoms with E-state index in [1.807, 2.05) is 42.5 Å². The highest BCUT2D eigenvalue weighted by atomic mass is 19.4. The van der Waals surface area contributed by atoms with Crippen molar-refractivity contribution in [1.29, 1.82) is 0 Å². The van der Waals surface area contributed by atoms with E-state index < -0.39 is 11.7 Å². The second-order valence-corrected chi connectivity index (χ2v) is 8.47. The van der Waals surface area contributed by atoms with Crippen molar-refractivity contribution < 1.29 is 32.3 Å². The lowest BCUT2D eigenvalue weighted by Gasteiger charge is -2.26. The van der Waals surface area contributed by atoms with Crippen molar-refractivity contribution in [3.8, 4) is 5.75 Å². The largest absolute Gasteiger partial charge is 0.484 e. The summed E-state index contributed by atoms with van der Waals surface area (Å²) in [7, 11) is 0. The van der Waals surface area contributed by atoms with E-state index in [9.17, 15) is 18.0 Å². The third-order valence-corrected chi connectivity index (χ3v) is 5.82. The van der Waals surface area contributed by atoms with Crippen LogP contribution in [0.15, 0.2) is 84.0 Å². The van der Waals surface area contributed by atoms with Gasteiger partial charge in [-0.3, -0.25) is 4.79 Å². The summed E-state index contributed by atoms with van der Waals surface area (Å²) in [5.41, 5.74) is 2.33. The van der Waals surface area contributed by atoms with Gasteiger partial charge < -0.3 is 19.2 Å². The average Bonchev–Trinajstić information content (AvgIpc) is 2.92. The Morgan fingerprint density at radius 2 is 1.57 bits per heavy atom. The summed E-state index contributed by atoms with van der Waals surface area (Å²) in [6.07, 6.45) is -3.89. The van der Waals surface area contributed by atoms with Crippen molar-refractivity contribution >= 4 is 11.6 Å². The molecule has 3 aromatic carbocycles. The zero-order chi connectivity index (χ0) is 26.1. The molecule has 37 heavy (non-hydrogen) atoms. The summed E-state index contributed by atoms with van der Waals surface area (Å²) in [6.45, 7) is 2.16. The Hall–Kier alpha value is -3.85. The summed E-state index contributed by atoms with van der Waals surface area (Å²) in [6, 6.07) is 21.7. The summed E-state index contributed by atoms with van der Waals surface area (Å²) < 4.78 is 49.3. The van der Waals surface area contributed by atoms with Gasteiger partial charge in [0.05, 0.1) is 24.5 Å². The predicted octanol–water partition coefficient (Wildman–Crippen LogP) is 5.11. The molecule has 3 aromatic rings. The third-order valence-electron chi connectivity index (χ3n) is 5.82. The Labute approximate surface area is 213 Å². The van der Waals surface area contributed by atoms with Gasteiger partial charge in [-0.1, -0.05) is 47.6 Å². The van der Waals surface area contributed by atoms with E-state index in [0.717, 1.165) is 23.3 Å². The zero-order valence-corrected chi connectivity index (χ0v) is 20.1. The highest BCUT2D eigenvalue weighted by Crippen LogP contribution is 2.29. The van der Waals surface area contributed by atoms with E-state index in [-0.39, 0.29) is 19.1 Å². The number of oxime groups is 1. The number of halogens is 3. The number of ether oxygens (including phenoxy) is 2. The molecule has 6 nitrogen and oxygen atoms in total. The molecule has 0 aromatic heterocycles. The fraction of sp³-hybridized carbons (Fsp3) is 0.286. The van der Waals surface area contributed by atoms with Gasteiger partial charge in [0.25, 0.3) is 5.91 Å². The van der Waals surface area contributed by atoms with Crippen LogP contribution in [0.4, 0.5) is 13.2 Å². The van der Waals surface area contributed by atoms with Crippen molar-refractivity contribution in [2.45, 2.75) is 19.2 Å². The smallest absolute Gasteiger partial charge is 0.416 e. The van der Waals surface area contributed by atoms with Crippen molar-refractivity contribution in [2.75, 3.05) is 32.9 Å². The number of carbonyl (C=O) groups excluding carboxylic acids is 1. The first-order valence-corrected chi connectivity index (χ1v) is 11.9. The maximum absolute atomic E-state index is 12.8. The molecular formula is C28H27F3N2O4. The van der Waals surface area contributed by atoms with Crippen LogP contribution < -0.4 is 4.74 Å². The summed E-state index contributed by atoms with van der Waals surface area (Å²) in [4.78, 5) is 19.6. The molecule has 0 saturated carbocycles. The topological polar surface area (TPSA) is 60.4 Å². The lowest BCUT2D eigenvalue weighted by molar-refractivity contribution is -0.138. The highest BCUT2D eigenvalue weighted by Gasteiger charge is 2.29. The molecule has 0 unspecified atom stereocenters. The number of nitrogens with zero attached hydrogens (tertiary/aromatic N) is 2. The fourth-order valence-corrected chi connectivity index (χ4v) is 3.74. The minimum Gasteiger partial charge on any atom is -0.484 e. The number of alkyl halides is 3. The molecule has 1 saturated heterocycles. The molecule has 1 amide bonds. The molecule has 194 valence electrons. The first-order valence-electron chi connectivity index (χ1n) is 11.9. The second-order valence-electron chi connectivity index (χ2n) is 8.47. The monoisotopic (exact) mass is 512 g/mol. The molecule has 0 spiro atoms. The minimum absolute atomic E-state index is 0.0290. The number of hydrogen-bond donors (Lipinski definition) is 0. The molecule has 1 aliphatic rings. The van der Waals surface area contributed by atoms with Crippen molar-refractivity contribution in [3.05, 3.63) is 101 Å². The van der Waals surface area contributed by atoms with E-state index in [1.54, 1.807) is 17.0 Å². The Kier molecular flexibility index (Phi) is 8.79. The molecule has 0 atom stereocenters. The van der Waals surface area contributed by atoms with E-state index in [2.05, 4.69) is 5.16 Å². The van der Waals surface area contributed by atoms with Gasteiger partial charge in [0.15, 0.2) is 6.61 Å². The third kappa shape index (κ3) is 7.82. The van der Waals surface area contributed by atoms with Crippen LogP contribution in [-0.4, -0.2) is 49.4 Å². The lowest BCUT2D eigenvalue weighted by atomic mass is 10.0. The molecular weight excluding hydrogens is 485 g/mol.